The quantitative estimate of drug-likeness (QED) is 0.816. The maximum absolute atomic E-state index is 3.83. The van der Waals surface area contributed by atoms with Gasteiger partial charge in [-0.1, -0.05) is 20.3 Å². The Balaban J connectivity index is 1.90. The van der Waals surface area contributed by atoms with Gasteiger partial charge in [0.15, 0.2) is 0 Å². The van der Waals surface area contributed by atoms with Crippen molar-refractivity contribution in [2.45, 2.75) is 71.5 Å². The van der Waals surface area contributed by atoms with E-state index in [0.29, 0.717) is 23.5 Å². The third-order valence-corrected chi connectivity index (χ3v) is 5.76. The average molecular weight is 256 g/mol. The number of nitrogens with zero attached hydrogens (tertiary/aromatic N) is 1. The zero-order valence-electron chi connectivity index (χ0n) is 11.8. The van der Waals surface area contributed by atoms with Crippen molar-refractivity contribution in [2.75, 3.05) is 11.5 Å². The first-order valence-corrected chi connectivity index (χ1v) is 8.26. The van der Waals surface area contributed by atoms with Crippen LogP contribution in [0.4, 0.5) is 0 Å². The van der Waals surface area contributed by atoms with E-state index < -0.39 is 0 Å². The number of hydrogen-bond donors (Lipinski definition) is 1. The Bertz CT molecular complexity index is 245. The zero-order valence-corrected chi connectivity index (χ0v) is 12.6. The van der Waals surface area contributed by atoms with Crippen LogP contribution in [-0.4, -0.2) is 34.6 Å². The average Bonchev–Trinajstić information content (AvgIpc) is 2.22. The van der Waals surface area contributed by atoms with E-state index in [0.717, 1.165) is 0 Å². The van der Waals surface area contributed by atoms with Gasteiger partial charge in [0.2, 0.25) is 0 Å². The smallest absolute Gasteiger partial charge is 0.0311 e. The van der Waals surface area contributed by atoms with Crippen molar-refractivity contribution in [3.8, 4) is 0 Å². The van der Waals surface area contributed by atoms with Crippen LogP contribution >= 0.6 is 11.8 Å². The van der Waals surface area contributed by atoms with Crippen molar-refractivity contribution in [2.24, 2.45) is 5.41 Å². The minimum atomic E-state index is 0.503. The molecule has 3 unspecified atom stereocenters. The number of piperidine rings is 1. The van der Waals surface area contributed by atoms with Crippen LogP contribution in [0, 0.1) is 5.41 Å². The molecule has 17 heavy (non-hydrogen) atoms. The molecular weight excluding hydrogens is 228 g/mol. The molecule has 0 amide bonds. The largest absolute Gasteiger partial charge is 0.251 e. The standard InChI is InChI=1S/C14H28N2S/c1-11-6-5-7-12(2)16(11)15-13-8-14(3,4)10-17-9-13/h11-13,15H,5-10H2,1-4H3. The Hall–Kier alpha value is 0.270. The molecule has 2 rings (SSSR count). The second kappa shape index (κ2) is 5.50. The first-order chi connectivity index (χ1) is 7.98. The summed E-state index contributed by atoms with van der Waals surface area (Å²) in [6.45, 7) is 9.53. The molecule has 2 fully saturated rings. The molecule has 3 atom stereocenters. The Morgan fingerprint density at radius 2 is 1.82 bits per heavy atom. The van der Waals surface area contributed by atoms with E-state index in [9.17, 15) is 0 Å². The van der Waals surface area contributed by atoms with Crippen LogP contribution in [0.2, 0.25) is 0 Å². The molecule has 0 aromatic carbocycles. The minimum Gasteiger partial charge on any atom is -0.251 e. The molecule has 0 radical (unpaired) electrons. The maximum Gasteiger partial charge on any atom is 0.0311 e. The number of rotatable bonds is 2. The van der Waals surface area contributed by atoms with E-state index in [4.69, 9.17) is 0 Å². The van der Waals surface area contributed by atoms with Gasteiger partial charge in [-0.2, -0.15) is 11.8 Å². The normalized spacial score (nSPS) is 39.2. The molecule has 3 heteroatoms. The lowest BCUT2D eigenvalue weighted by molar-refractivity contribution is 0.0257. The molecule has 2 saturated heterocycles. The van der Waals surface area contributed by atoms with Gasteiger partial charge in [-0.05, 0) is 44.3 Å². The molecule has 0 saturated carbocycles. The van der Waals surface area contributed by atoms with Gasteiger partial charge < -0.3 is 0 Å². The fourth-order valence-corrected chi connectivity index (χ4v) is 4.50. The summed E-state index contributed by atoms with van der Waals surface area (Å²) in [5.41, 5.74) is 4.33. The SMILES string of the molecule is CC1CCCC(C)N1NC1CSCC(C)(C)C1. The summed E-state index contributed by atoms with van der Waals surface area (Å²) >= 11 is 2.11. The Morgan fingerprint density at radius 1 is 1.18 bits per heavy atom. The van der Waals surface area contributed by atoms with Gasteiger partial charge in [-0.15, -0.1) is 0 Å². The summed E-state index contributed by atoms with van der Waals surface area (Å²) in [5, 5.41) is 2.54. The molecule has 0 aromatic heterocycles. The molecule has 0 aliphatic carbocycles. The Morgan fingerprint density at radius 3 is 2.41 bits per heavy atom. The van der Waals surface area contributed by atoms with Crippen LogP contribution in [0.15, 0.2) is 0 Å². The maximum atomic E-state index is 3.83. The highest BCUT2D eigenvalue weighted by Crippen LogP contribution is 2.34. The van der Waals surface area contributed by atoms with Crippen LogP contribution in [0.25, 0.3) is 0 Å². The molecule has 2 aliphatic heterocycles. The predicted octanol–water partition coefficient (Wildman–Crippen LogP) is 3.29. The molecular formula is C14H28N2S. The first kappa shape index (κ1) is 13.7. The van der Waals surface area contributed by atoms with Crippen molar-refractivity contribution >= 4 is 11.8 Å². The summed E-state index contributed by atoms with van der Waals surface area (Å²) in [4.78, 5) is 0. The number of nitrogens with one attached hydrogen (secondary N) is 1. The predicted molar refractivity (Wildman–Crippen MR) is 77.3 cm³/mol. The fourth-order valence-electron chi connectivity index (χ4n) is 3.23. The third-order valence-electron chi connectivity index (χ3n) is 4.14. The van der Waals surface area contributed by atoms with Gasteiger partial charge in [0.1, 0.15) is 0 Å². The van der Waals surface area contributed by atoms with Crippen molar-refractivity contribution in [1.29, 1.82) is 0 Å². The molecule has 0 aromatic rings. The molecule has 0 bridgehead atoms. The lowest BCUT2D eigenvalue weighted by atomic mass is 9.88. The van der Waals surface area contributed by atoms with E-state index in [2.05, 4.69) is 49.9 Å². The fraction of sp³-hybridized carbons (Fsp3) is 1.00. The van der Waals surface area contributed by atoms with Gasteiger partial charge in [0.05, 0.1) is 0 Å². The molecule has 2 heterocycles. The van der Waals surface area contributed by atoms with Gasteiger partial charge in [0.25, 0.3) is 0 Å². The summed E-state index contributed by atoms with van der Waals surface area (Å²) in [7, 11) is 0. The van der Waals surface area contributed by atoms with Crippen LogP contribution < -0.4 is 5.43 Å². The Labute approximate surface area is 111 Å². The molecule has 1 N–H and O–H groups in total. The molecule has 2 aliphatic rings. The topological polar surface area (TPSA) is 15.3 Å². The summed E-state index contributed by atoms with van der Waals surface area (Å²) < 4.78 is 0. The number of thioether (sulfide) groups is 1. The van der Waals surface area contributed by atoms with E-state index >= 15 is 0 Å². The molecule has 100 valence electrons. The highest BCUT2D eigenvalue weighted by atomic mass is 32.2. The monoisotopic (exact) mass is 256 g/mol. The van der Waals surface area contributed by atoms with Crippen LogP contribution in [0.1, 0.15) is 53.4 Å². The van der Waals surface area contributed by atoms with E-state index in [1.807, 2.05) is 0 Å². The van der Waals surface area contributed by atoms with Gasteiger partial charge in [-0.3, -0.25) is 5.43 Å². The lowest BCUT2D eigenvalue weighted by Crippen LogP contribution is -2.57. The van der Waals surface area contributed by atoms with Gasteiger partial charge >= 0.3 is 0 Å². The summed E-state index contributed by atoms with van der Waals surface area (Å²) in [6.07, 6.45) is 5.41. The summed E-state index contributed by atoms with van der Waals surface area (Å²) in [6, 6.07) is 2.08. The van der Waals surface area contributed by atoms with Crippen molar-refractivity contribution < 1.29 is 0 Å². The lowest BCUT2D eigenvalue weighted by Gasteiger charge is -2.44. The van der Waals surface area contributed by atoms with E-state index in [1.54, 1.807) is 0 Å². The second-order valence-corrected chi connectivity index (χ2v) is 7.78. The van der Waals surface area contributed by atoms with E-state index in [-0.39, 0.29) is 0 Å². The van der Waals surface area contributed by atoms with E-state index in [1.165, 1.54) is 37.2 Å². The zero-order chi connectivity index (χ0) is 12.5. The van der Waals surface area contributed by atoms with Gasteiger partial charge in [0, 0.05) is 23.9 Å². The minimum absolute atomic E-state index is 0.503. The molecule has 0 spiro atoms. The number of hydrogen-bond acceptors (Lipinski definition) is 3. The summed E-state index contributed by atoms with van der Waals surface area (Å²) in [5.74, 6) is 2.59. The highest BCUT2D eigenvalue weighted by Gasteiger charge is 2.32. The second-order valence-electron chi connectivity index (χ2n) is 6.75. The molecule has 2 nitrogen and oxygen atoms in total. The van der Waals surface area contributed by atoms with Gasteiger partial charge in [-0.25, -0.2) is 5.01 Å². The number of hydrazine groups is 1. The third kappa shape index (κ3) is 3.62. The first-order valence-electron chi connectivity index (χ1n) is 7.10. The van der Waals surface area contributed by atoms with Crippen LogP contribution in [0.5, 0.6) is 0 Å². The Kier molecular flexibility index (Phi) is 4.43. The van der Waals surface area contributed by atoms with Crippen molar-refractivity contribution in [1.82, 2.24) is 10.4 Å². The highest BCUT2D eigenvalue weighted by molar-refractivity contribution is 7.99. The van der Waals surface area contributed by atoms with Crippen LogP contribution in [0.3, 0.4) is 0 Å². The van der Waals surface area contributed by atoms with Crippen molar-refractivity contribution in [3.63, 3.8) is 0 Å². The van der Waals surface area contributed by atoms with Crippen LogP contribution in [-0.2, 0) is 0 Å². The van der Waals surface area contributed by atoms with Crippen molar-refractivity contribution in [3.05, 3.63) is 0 Å².